The van der Waals surface area contributed by atoms with Crippen LogP contribution in [0, 0.1) is 0 Å². The molecule has 0 saturated carbocycles. The topological polar surface area (TPSA) is 104 Å². The molecule has 86 valence electrons. The Labute approximate surface area is 87.7 Å². The number of nitrogens with zero attached hydrogens (tertiary/aromatic N) is 1. The number of likely N-dealkylation sites (tertiary alicyclic amines) is 1. The van der Waals surface area contributed by atoms with Gasteiger partial charge in [0.2, 0.25) is 5.91 Å². The summed E-state index contributed by atoms with van der Waals surface area (Å²) in [6.45, 7) is 0.514. The second-order valence-electron chi connectivity index (χ2n) is 3.68. The van der Waals surface area contributed by atoms with Gasteiger partial charge in [-0.3, -0.25) is 4.79 Å². The van der Waals surface area contributed by atoms with Crippen molar-refractivity contribution >= 4 is 11.9 Å². The smallest absolute Gasteiger partial charge is 0.326 e. The lowest BCUT2D eigenvalue weighted by Gasteiger charge is -2.20. The Kier molecular flexibility index (Phi) is 4.05. The Morgan fingerprint density at radius 1 is 1.47 bits per heavy atom. The van der Waals surface area contributed by atoms with E-state index >= 15 is 0 Å². The van der Waals surface area contributed by atoms with E-state index in [1.165, 1.54) is 4.90 Å². The molecule has 1 amide bonds. The number of β-amino-alcohol motifs (C(OH)–C–C–N with tert-alkyl or cyclic N) is 1. The Bertz CT molecular complexity index is 256. The molecule has 6 nitrogen and oxygen atoms in total. The number of carboxylic acids is 1. The number of carbonyl (C=O) groups excluding carboxylic acids is 1. The first-order chi connectivity index (χ1) is 7.06. The molecule has 1 fully saturated rings. The van der Waals surface area contributed by atoms with Crippen molar-refractivity contribution < 1.29 is 19.8 Å². The van der Waals surface area contributed by atoms with Crippen LogP contribution in [0.15, 0.2) is 0 Å². The highest BCUT2D eigenvalue weighted by Gasteiger charge is 2.38. The summed E-state index contributed by atoms with van der Waals surface area (Å²) < 4.78 is 0. The summed E-state index contributed by atoms with van der Waals surface area (Å²) in [5.74, 6) is -1.31. The van der Waals surface area contributed by atoms with Crippen LogP contribution in [0.3, 0.4) is 0 Å². The van der Waals surface area contributed by atoms with Crippen molar-refractivity contribution in [2.24, 2.45) is 5.73 Å². The average Bonchev–Trinajstić information content (AvgIpc) is 2.57. The first-order valence-electron chi connectivity index (χ1n) is 4.96. The Morgan fingerprint density at radius 2 is 2.13 bits per heavy atom. The normalized spacial score (nSPS) is 25.6. The van der Waals surface area contributed by atoms with Gasteiger partial charge in [0, 0.05) is 19.4 Å². The van der Waals surface area contributed by atoms with Crippen LogP contribution < -0.4 is 5.73 Å². The second kappa shape index (κ2) is 5.09. The van der Waals surface area contributed by atoms with Gasteiger partial charge in [0.15, 0.2) is 0 Å². The average molecular weight is 216 g/mol. The van der Waals surface area contributed by atoms with Crippen LogP contribution in [-0.4, -0.2) is 52.2 Å². The number of aliphatic hydroxyl groups excluding tert-OH is 1. The van der Waals surface area contributed by atoms with E-state index in [0.717, 1.165) is 0 Å². The molecule has 4 N–H and O–H groups in total. The number of nitrogens with two attached hydrogens (primary N) is 1. The molecule has 1 saturated heterocycles. The molecule has 1 aliphatic rings. The SMILES string of the molecule is NCCCC(=O)N1C[C@@H](O)C[C@H]1C(=O)O. The van der Waals surface area contributed by atoms with Crippen molar-refractivity contribution in [2.75, 3.05) is 13.1 Å². The summed E-state index contributed by atoms with van der Waals surface area (Å²) >= 11 is 0. The van der Waals surface area contributed by atoms with Crippen LogP contribution in [-0.2, 0) is 9.59 Å². The molecule has 0 aromatic carbocycles. The van der Waals surface area contributed by atoms with Crippen LogP contribution in [0.5, 0.6) is 0 Å². The number of carboxylic acid groups (broad SMARTS) is 1. The minimum Gasteiger partial charge on any atom is -0.480 e. The zero-order chi connectivity index (χ0) is 11.4. The molecule has 0 aromatic heterocycles. The fourth-order valence-corrected chi connectivity index (χ4v) is 1.72. The van der Waals surface area contributed by atoms with E-state index < -0.39 is 18.1 Å². The van der Waals surface area contributed by atoms with Crippen molar-refractivity contribution in [1.29, 1.82) is 0 Å². The molecule has 0 unspecified atom stereocenters. The third kappa shape index (κ3) is 2.90. The molecule has 1 aliphatic heterocycles. The minimum atomic E-state index is -1.06. The summed E-state index contributed by atoms with van der Waals surface area (Å²) in [7, 11) is 0. The summed E-state index contributed by atoms with van der Waals surface area (Å²) in [4.78, 5) is 23.6. The number of aliphatic carboxylic acids is 1. The maximum absolute atomic E-state index is 11.6. The number of rotatable bonds is 4. The van der Waals surface area contributed by atoms with Gasteiger partial charge >= 0.3 is 5.97 Å². The van der Waals surface area contributed by atoms with E-state index in [2.05, 4.69) is 0 Å². The summed E-state index contributed by atoms with van der Waals surface area (Å²) in [5.41, 5.74) is 5.26. The molecule has 0 bridgehead atoms. The van der Waals surface area contributed by atoms with Gasteiger partial charge in [0.1, 0.15) is 6.04 Å². The molecule has 2 atom stereocenters. The Hall–Kier alpha value is -1.14. The van der Waals surface area contributed by atoms with Crippen LogP contribution in [0.4, 0.5) is 0 Å². The van der Waals surface area contributed by atoms with Gasteiger partial charge in [0.05, 0.1) is 6.10 Å². The Balaban J connectivity index is 2.58. The van der Waals surface area contributed by atoms with E-state index in [1.807, 2.05) is 0 Å². The lowest BCUT2D eigenvalue weighted by molar-refractivity contribution is -0.148. The maximum atomic E-state index is 11.6. The van der Waals surface area contributed by atoms with Crippen molar-refractivity contribution in [2.45, 2.75) is 31.4 Å². The van der Waals surface area contributed by atoms with Crippen LogP contribution in [0.25, 0.3) is 0 Å². The van der Waals surface area contributed by atoms with E-state index in [9.17, 15) is 14.7 Å². The zero-order valence-electron chi connectivity index (χ0n) is 8.43. The number of amides is 1. The van der Waals surface area contributed by atoms with Gasteiger partial charge in [-0.25, -0.2) is 4.79 Å². The van der Waals surface area contributed by atoms with Crippen LogP contribution in [0.2, 0.25) is 0 Å². The fraction of sp³-hybridized carbons (Fsp3) is 0.778. The molecule has 0 spiro atoms. The number of hydrogen-bond acceptors (Lipinski definition) is 4. The summed E-state index contributed by atoms with van der Waals surface area (Å²) in [5, 5.41) is 18.2. The number of carbonyl (C=O) groups is 2. The van der Waals surface area contributed by atoms with E-state index in [0.29, 0.717) is 13.0 Å². The quantitative estimate of drug-likeness (QED) is 0.546. The number of aliphatic hydroxyl groups is 1. The van der Waals surface area contributed by atoms with Crippen molar-refractivity contribution in [3.63, 3.8) is 0 Å². The van der Waals surface area contributed by atoms with Gasteiger partial charge in [-0.1, -0.05) is 0 Å². The van der Waals surface area contributed by atoms with E-state index in [-0.39, 0.29) is 25.3 Å². The first kappa shape index (κ1) is 11.9. The van der Waals surface area contributed by atoms with Gasteiger partial charge in [-0.15, -0.1) is 0 Å². The first-order valence-corrected chi connectivity index (χ1v) is 4.96. The van der Waals surface area contributed by atoms with E-state index in [4.69, 9.17) is 10.8 Å². The number of hydrogen-bond donors (Lipinski definition) is 3. The van der Waals surface area contributed by atoms with Crippen molar-refractivity contribution in [3.05, 3.63) is 0 Å². The van der Waals surface area contributed by atoms with Gasteiger partial charge in [-0.05, 0) is 13.0 Å². The molecule has 1 heterocycles. The highest BCUT2D eigenvalue weighted by atomic mass is 16.4. The fourth-order valence-electron chi connectivity index (χ4n) is 1.72. The van der Waals surface area contributed by atoms with Gasteiger partial charge < -0.3 is 20.8 Å². The highest BCUT2D eigenvalue weighted by Crippen LogP contribution is 2.19. The molecular formula is C9H16N2O4. The predicted molar refractivity (Wildman–Crippen MR) is 52.0 cm³/mol. The highest BCUT2D eigenvalue weighted by molar-refractivity contribution is 5.84. The minimum absolute atomic E-state index is 0.111. The largest absolute Gasteiger partial charge is 0.480 e. The standard InChI is InChI=1S/C9H16N2O4/c10-3-1-2-8(13)11-5-6(12)4-7(11)9(14)15/h6-7,12H,1-5,10H2,(H,14,15)/t6-,7-/m0/s1. The molecule has 0 aromatic rings. The van der Waals surface area contributed by atoms with Gasteiger partial charge in [0.25, 0.3) is 0 Å². The van der Waals surface area contributed by atoms with Crippen LogP contribution >= 0.6 is 0 Å². The van der Waals surface area contributed by atoms with Crippen molar-refractivity contribution in [3.8, 4) is 0 Å². The molecule has 1 rings (SSSR count). The molecule has 0 aliphatic carbocycles. The monoisotopic (exact) mass is 216 g/mol. The third-order valence-electron chi connectivity index (χ3n) is 2.48. The van der Waals surface area contributed by atoms with Crippen LogP contribution in [0.1, 0.15) is 19.3 Å². The molecule has 0 radical (unpaired) electrons. The summed E-state index contributed by atoms with van der Waals surface area (Å²) in [6.07, 6.45) is 0.169. The molecular weight excluding hydrogens is 200 g/mol. The maximum Gasteiger partial charge on any atom is 0.326 e. The lowest BCUT2D eigenvalue weighted by atomic mass is 10.2. The third-order valence-corrected chi connectivity index (χ3v) is 2.48. The van der Waals surface area contributed by atoms with Crippen molar-refractivity contribution in [1.82, 2.24) is 4.90 Å². The van der Waals surface area contributed by atoms with Gasteiger partial charge in [-0.2, -0.15) is 0 Å². The lowest BCUT2D eigenvalue weighted by Crippen LogP contribution is -2.40. The predicted octanol–water partition coefficient (Wildman–Crippen LogP) is -1.23. The van der Waals surface area contributed by atoms with E-state index in [1.54, 1.807) is 0 Å². The molecule has 15 heavy (non-hydrogen) atoms. The Morgan fingerprint density at radius 3 is 2.67 bits per heavy atom. The zero-order valence-corrected chi connectivity index (χ0v) is 8.43. The summed E-state index contributed by atoms with van der Waals surface area (Å²) in [6, 6.07) is -0.884. The second-order valence-corrected chi connectivity index (χ2v) is 3.68. The molecule has 6 heteroatoms.